The molecule has 1 unspecified atom stereocenters. The predicted molar refractivity (Wildman–Crippen MR) is 73.6 cm³/mol. The average molecular weight is 275 g/mol. The van der Waals surface area contributed by atoms with Crippen LogP contribution in [0.4, 0.5) is 5.95 Å². The van der Waals surface area contributed by atoms with Crippen molar-refractivity contribution < 1.29 is 9.90 Å². The first kappa shape index (κ1) is 14.0. The number of tetrazole rings is 1. The van der Waals surface area contributed by atoms with Crippen LogP contribution in [0, 0.1) is 11.8 Å². The zero-order valence-corrected chi connectivity index (χ0v) is 11.4. The summed E-state index contributed by atoms with van der Waals surface area (Å²) in [6.07, 6.45) is 0. The van der Waals surface area contributed by atoms with Crippen molar-refractivity contribution >= 4 is 11.9 Å². The van der Waals surface area contributed by atoms with Gasteiger partial charge in [-0.3, -0.25) is 4.79 Å². The van der Waals surface area contributed by atoms with E-state index in [1.165, 1.54) is 0 Å². The van der Waals surface area contributed by atoms with Crippen LogP contribution >= 0.6 is 0 Å². The maximum absolute atomic E-state index is 11.2. The van der Waals surface area contributed by atoms with E-state index in [4.69, 9.17) is 5.11 Å². The van der Waals surface area contributed by atoms with E-state index >= 15 is 0 Å². The van der Waals surface area contributed by atoms with Gasteiger partial charge in [0.05, 0.1) is 11.6 Å². The van der Waals surface area contributed by atoms with Crippen LogP contribution in [-0.4, -0.2) is 37.8 Å². The summed E-state index contributed by atoms with van der Waals surface area (Å²) in [5.41, 5.74) is 0.816. The number of carbonyl (C=O) groups is 1. The van der Waals surface area contributed by atoms with Crippen LogP contribution in [0.1, 0.15) is 13.8 Å². The number of anilines is 1. The molecule has 1 aromatic carbocycles. The topological polar surface area (TPSA) is 92.9 Å². The standard InChI is InChI=1S/C13H17N5O2/c1-9(2)11(12(19)20)8-14-13-15-16-17-18(13)10-6-4-3-5-7-10/h3-7,9,11H,8H2,1-2H3,(H,19,20)(H,14,15,17). The van der Waals surface area contributed by atoms with Crippen molar-refractivity contribution in [1.29, 1.82) is 0 Å². The van der Waals surface area contributed by atoms with Gasteiger partial charge in [-0.2, -0.15) is 4.68 Å². The number of aliphatic carboxylic acids is 1. The zero-order chi connectivity index (χ0) is 14.5. The van der Waals surface area contributed by atoms with Crippen LogP contribution in [0.25, 0.3) is 5.69 Å². The molecule has 7 heteroatoms. The molecule has 1 heterocycles. The SMILES string of the molecule is CC(C)C(CNc1nnnn1-c1ccccc1)C(=O)O. The molecule has 0 saturated heterocycles. The van der Waals surface area contributed by atoms with Crippen LogP contribution < -0.4 is 5.32 Å². The first-order valence-corrected chi connectivity index (χ1v) is 6.40. The van der Waals surface area contributed by atoms with Crippen LogP contribution in [0.15, 0.2) is 30.3 Å². The van der Waals surface area contributed by atoms with E-state index in [1.807, 2.05) is 44.2 Å². The molecule has 0 aliphatic heterocycles. The fourth-order valence-corrected chi connectivity index (χ4v) is 1.85. The third-order valence-electron chi connectivity index (χ3n) is 3.07. The van der Waals surface area contributed by atoms with Crippen molar-refractivity contribution in [3.63, 3.8) is 0 Å². The highest BCUT2D eigenvalue weighted by molar-refractivity contribution is 5.71. The minimum atomic E-state index is -0.828. The van der Waals surface area contributed by atoms with E-state index in [9.17, 15) is 4.79 Å². The summed E-state index contributed by atoms with van der Waals surface area (Å²) < 4.78 is 1.54. The molecule has 0 amide bonds. The second-order valence-electron chi connectivity index (χ2n) is 4.82. The number of nitrogens with zero attached hydrogens (tertiary/aromatic N) is 4. The molecule has 1 aromatic heterocycles. The van der Waals surface area contributed by atoms with Crippen molar-refractivity contribution in [2.24, 2.45) is 11.8 Å². The Morgan fingerprint density at radius 1 is 1.35 bits per heavy atom. The minimum absolute atomic E-state index is 0.0288. The van der Waals surface area contributed by atoms with Crippen LogP contribution in [0.3, 0.4) is 0 Å². The normalized spacial score (nSPS) is 12.3. The molecule has 106 valence electrons. The largest absolute Gasteiger partial charge is 0.481 e. The molecule has 2 N–H and O–H groups in total. The Kier molecular flexibility index (Phi) is 4.29. The number of rotatable bonds is 6. The smallest absolute Gasteiger partial charge is 0.308 e. The number of benzene rings is 1. The molecular formula is C13H17N5O2. The van der Waals surface area contributed by atoms with E-state index in [0.29, 0.717) is 5.95 Å². The molecule has 0 aliphatic carbocycles. The van der Waals surface area contributed by atoms with Gasteiger partial charge in [-0.05, 0) is 28.5 Å². The minimum Gasteiger partial charge on any atom is -0.481 e. The third-order valence-corrected chi connectivity index (χ3v) is 3.07. The molecule has 2 rings (SSSR count). The number of para-hydroxylation sites is 1. The number of carboxylic acid groups (broad SMARTS) is 1. The Balaban J connectivity index is 2.12. The van der Waals surface area contributed by atoms with Gasteiger partial charge in [-0.1, -0.05) is 37.1 Å². The predicted octanol–water partition coefficient (Wildman–Crippen LogP) is 1.43. The van der Waals surface area contributed by atoms with Gasteiger partial charge in [0.25, 0.3) is 0 Å². The maximum atomic E-state index is 11.2. The highest BCUT2D eigenvalue weighted by atomic mass is 16.4. The fraction of sp³-hybridized carbons (Fsp3) is 0.385. The van der Waals surface area contributed by atoms with E-state index < -0.39 is 11.9 Å². The Morgan fingerprint density at radius 2 is 2.05 bits per heavy atom. The lowest BCUT2D eigenvalue weighted by molar-refractivity contribution is -0.142. The summed E-state index contributed by atoms with van der Waals surface area (Å²) in [7, 11) is 0. The molecule has 1 atom stereocenters. The molecule has 0 aliphatic rings. The van der Waals surface area contributed by atoms with Crippen LogP contribution in [0.5, 0.6) is 0 Å². The van der Waals surface area contributed by atoms with Crippen molar-refractivity contribution in [3.8, 4) is 5.69 Å². The van der Waals surface area contributed by atoms with Crippen molar-refractivity contribution in [1.82, 2.24) is 20.2 Å². The molecule has 0 bridgehead atoms. The number of carboxylic acids is 1. The van der Waals surface area contributed by atoms with E-state index in [1.54, 1.807) is 4.68 Å². The van der Waals surface area contributed by atoms with Gasteiger partial charge in [0.15, 0.2) is 0 Å². The summed E-state index contributed by atoms with van der Waals surface area (Å²) in [5.74, 6) is -0.855. The first-order valence-electron chi connectivity index (χ1n) is 6.40. The summed E-state index contributed by atoms with van der Waals surface area (Å²) >= 11 is 0. The van der Waals surface area contributed by atoms with Gasteiger partial charge in [0.2, 0.25) is 5.95 Å². The third kappa shape index (κ3) is 3.11. The number of nitrogens with one attached hydrogen (secondary N) is 1. The van der Waals surface area contributed by atoms with Crippen LogP contribution in [0.2, 0.25) is 0 Å². The first-order chi connectivity index (χ1) is 9.59. The average Bonchev–Trinajstić information content (AvgIpc) is 2.87. The Hall–Kier alpha value is -2.44. The molecule has 0 spiro atoms. The summed E-state index contributed by atoms with van der Waals surface area (Å²) in [6.45, 7) is 4.03. The molecular weight excluding hydrogens is 258 g/mol. The number of aromatic nitrogens is 4. The number of hydrogen-bond donors (Lipinski definition) is 2. The molecule has 0 fully saturated rings. The fourth-order valence-electron chi connectivity index (χ4n) is 1.85. The quantitative estimate of drug-likeness (QED) is 0.828. The lowest BCUT2D eigenvalue weighted by Crippen LogP contribution is -2.28. The number of hydrogen-bond acceptors (Lipinski definition) is 5. The van der Waals surface area contributed by atoms with E-state index in [2.05, 4.69) is 20.8 Å². The Morgan fingerprint density at radius 3 is 2.65 bits per heavy atom. The molecule has 2 aromatic rings. The van der Waals surface area contributed by atoms with Crippen molar-refractivity contribution in [3.05, 3.63) is 30.3 Å². The highest BCUT2D eigenvalue weighted by Crippen LogP contribution is 2.14. The van der Waals surface area contributed by atoms with Crippen molar-refractivity contribution in [2.45, 2.75) is 13.8 Å². The molecule has 0 saturated carbocycles. The lowest BCUT2D eigenvalue weighted by atomic mass is 9.96. The Bertz CT molecular complexity index is 567. The zero-order valence-electron chi connectivity index (χ0n) is 11.4. The van der Waals surface area contributed by atoms with Crippen molar-refractivity contribution in [2.75, 3.05) is 11.9 Å². The molecule has 0 radical (unpaired) electrons. The van der Waals surface area contributed by atoms with Gasteiger partial charge in [-0.25, -0.2) is 0 Å². The van der Waals surface area contributed by atoms with Gasteiger partial charge < -0.3 is 10.4 Å². The Labute approximate surface area is 116 Å². The van der Waals surface area contributed by atoms with E-state index in [-0.39, 0.29) is 12.5 Å². The summed E-state index contributed by atoms with van der Waals surface area (Å²) in [5, 5.41) is 23.6. The summed E-state index contributed by atoms with van der Waals surface area (Å²) in [4.78, 5) is 11.2. The van der Waals surface area contributed by atoms with Gasteiger partial charge in [0, 0.05) is 6.54 Å². The van der Waals surface area contributed by atoms with Gasteiger partial charge in [0.1, 0.15) is 0 Å². The maximum Gasteiger partial charge on any atom is 0.308 e. The highest BCUT2D eigenvalue weighted by Gasteiger charge is 2.22. The molecule has 20 heavy (non-hydrogen) atoms. The van der Waals surface area contributed by atoms with Gasteiger partial charge >= 0.3 is 5.97 Å². The molecule has 7 nitrogen and oxygen atoms in total. The summed E-state index contributed by atoms with van der Waals surface area (Å²) in [6, 6.07) is 9.42. The second-order valence-corrected chi connectivity index (χ2v) is 4.82. The van der Waals surface area contributed by atoms with Gasteiger partial charge in [-0.15, -0.1) is 0 Å². The lowest BCUT2D eigenvalue weighted by Gasteiger charge is -2.16. The monoisotopic (exact) mass is 275 g/mol. The second kappa shape index (κ2) is 6.14. The van der Waals surface area contributed by atoms with Crippen LogP contribution in [-0.2, 0) is 4.79 Å². The van der Waals surface area contributed by atoms with E-state index in [0.717, 1.165) is 5.69 Å².